The van der Waals surface area contributed by atoms with Crippen LogP contribution in [0.2, 0.25) is 0 Å². The summed E-state index contributed by atoms with van der Waals surface area (Å²) in [4.78, 5) is 10.8. The second-order valence-electron chi connectivity index (χ2n) is 2.94. The van der Waals surface area contributed by atoms with Gasteiger partial charge in [0.05, 0.1) is 7.11 Å². The van der Waals surface area contributed by atoms with Gasteiger partial charge in [-0.25, -0.2) is 0 Å². The first-order valence-corrected chi connectivity index (χ1v) is 4.32. The predicted octanol–water partition coefficient (Wildman–Crippen LogP) is 2.55. The average molecular weight is 234 g/mol. The van der Waals surface area contributed by atoms with Gasteiger partial charge in [0.2, 0.25) is 0 Å². The van der Waals surface area contributed by atoms with Crippen molar-refractivity contribution in [3.05, 3.63) is 24.3 Å². The number of hydrogen-bond donors (Lipinski definition) is 0. The molecule has 6 heteroatoms. The molecule has 0 fully saturated rings. The third-order valence-electron chi connectivity index (χ3n) is 1.64. The van der Waals surface area contributed by atoms with Crippen LogP contribution >= 0.6 is 0 Å². The smallest absolute Gasteiger partial charge is 0.399 e. The van der Waals surface area contributed by atoms with Crippen LogP contribution in [0.1, 0.15) is 6.42 Å². The van der Waals surface area contributed by atoms with E-state index in [1.54, 1.807) is 0 Å². The van der Waals surface area contributed by atoms with Crippen LogP contribution in [0.4, 0.5) is 13.2 Å². The lowest BCUT2D eigenvalue weighted by Gasteiger charge is -2.07. The first kappa shape index (κ1) is 12.4. The molecule has 0 aliphatic carbocycles. The zero-order valence-electron chi connectivity index (χ0n) is 8.38. The second-order valence-corrected chi connectivity index (χ2v) is 2.94. The van der Waals surface area contributed by atoms with Crippen molar-refractivity contribution in [1.29, 1.82) is 0 Å². The number of rotatable bonds is 3. The molecule has 1 aromatic carbocycles. The standard InChI is InChI=1S/C10H9F3O3/c1-15-7-2-4-8(5-3-7)16-9(14)6-10(11,12)13/h2-5H,6H2,1H3. The highest BCUT2D eigenvalue weighted by Crippen LogP contribution is 2.22. The van der Waals surface area contributed by atoms with Crippen molar-refractivity contribution in [3.63, 3.8) is 0 Å². The molecule has 3 nitrogen and oxygen atoms in total. The van der Waals surface area contributed by atoms with Gasteiger partial charge in [-0.3, -0.25) is 4.79 Å². The zero-order chi connectivity index (χ0) is 12.2. The maximum Gasteiger partial charge on any atom is 0.399 e. The van der Waals surface area contributed by atoms with Crippen molar-refractivity contribution >= 4 is 5.97 Å². The maximum atomic E-state index is 11.8. The summed E-state index contributed by atoms with van der Waals surface area (Å²) in [5.74, 6) is -0.761. The van der Waals surface area contributed by atoms with Crippen LogP contribution in [0.25, 0.3) is 0 Å². The van der Waals surface area contributed by atoms with Gasteiger partial charge in [-0.15, -0.1) is 0 Å². The fourth-order valence-electron chi connectivity index (χ4n) is 0.975. The molecule has 0 atom stereocenters. The van der Waals surface area contributed by atoms with E-state index in [2.05, 4.69) is 4.74 Å². The summed E-state index contributed by atoms with van der Waals surface area (Å²) in [6, 6.07) is 5.67. The Morgan fingerprint density at radius 1 is 1.19 bits per heavy atom. The number of methoxy groups -OCH3 is 1. The van der Waals surface area contributed by atoms with Crippen molar-refractivity contribution in [2.45, 2.75) is 12.6 Å². The van der Waals surface area contributed by atoms with Crippen LogP contribution < -0.4 is 9.47 Å². The maximum absolute atomic E-state index is 11.8. The first-order chi connectivity index (χ1) is 7.40. The number of carbonyl (C=O) groups is 1. The molecule has 16 heavy (non-hydrogen) atoms. The monoisotopic (exact) mass is 234 g/mol. The third kappa shape index (κ3) is 4.20. The number of halogens is 3. The van der Waals surface area contributed by atoms with E-state index in [1.165, 1.54) is 31.4 Å². The Balaban J connectivity index is 2.56. The molecule has 1 aromatic rings. The average Bonchev–Trinajstić information content (AvgIpc) is 2.16. The Morgan fingerprint density at radius 2 is 1.69 bits per heavy atom. The Bertz CT molecular complexity index is 357. The van der Waals surface area contributed by atoms with Gasteiger partial charge in [-0.1, -0.05) is 0 Å². The molecule has 0 radical (unpaired) electrons. The minimum Gasteiger partial charge on any atom is -0.497 e. The summed E-state index contributed by atoms with van der Waals surface area (Å²) < 4.78 is 44.7. The molecule has 0 saturated heterocycles. The van der Waals surface area contributed by atoms with Crippen LogP contribution in [-0.4, -0.2) is 19.3 Å². The molecule has 1 rings (SSSR count). The molecule has 0 N–H and O–H groups in total. The van der Waals surface area contributed by atoms with Gasteiger partial charge in [0, 0.05) is 0 Å². The highest BCUT2D eigenvalue weighted by Gasteiger charge is 2.32. The van der Waals surface area contributed by atoms with Gasteiger partial charge in [-0.2, -0.15) is 13.2 Å². The minimum atomic E-state index is -4.55. The summed E-state index contributed by atoms with van der Waals surface area (Å²) in [5, 5.41) is 0. The van der Waals surface area contributed by atoms with Crippen LogP contribution in [0.15, 0.2) is 24.3 Å². The third-order valence-corrected chi connectivity index (χ3v) is 1.64. The molecule has 0 aliphatic rings. The molecule has 0 bridgehead atoms. The van der Waals surface area contributed by atoms with E-state index >= 15 is 0 Å². The molecular formula is C10H9F3O3. The summed E-state index contributed by atoms with van der Waals surface area (Å²) in [6.45, 7) is 0. The number of carbonyl (C=O) groups excluding carboxylic acids is 1. The highest BCUT2D eigenvalue weighted by atomic mass is 19.4. The van der Waals surface area contributed by atoms with Crippen LogP contribution in [0.5, 0.6) is 11.5 Å². The first-order valence-electron chi connectivity index (χ1n) is 4.32. The summed E-state index contributed by atoms with van der Waals surface area (Å²) in [7, 11) is 1.45. The van der Waals surface area contributed by atoms with E-state index in [9.17, 15) is 18.0 Å². The van der Waals surface area contributed by atoms with Crippen molar-refractivity contribution in [2.24, 2.45) is 0 Å². The quantitative estimate of drug-likeness (QED) is 0.595. The molecule has 0 spiro atoms. The SMILES string of the molecule is COc1ccc(OC(=O)CC(F)(F)F)cc1. The molecule has 0 aromatic heterocycles. The van der Waals surface area contributed by atoms with E-state index in [4.69, 9.17) is 4.74 Å². The Hall–Kier alpha value is -1.72. The van der Waals surface area contributed by atoms with E-state index in [1.807, 2.05) is 0 Å². The molecule has 0 saturated carbocycles. The van der Waals surface area contributed by atoms with Gasteiger partial charge < -0.3 is 9.47 Å². The second kappa shape index (κ2) is 4.87. The Morgan fingerprint density at radius 3 is 2.12 bits per heavy atom. The van der Waals surface area contributed by atoms with Gasteiger partial charge in [0.15, 0.2) is 0 Å². The Labute approximate surface area is 89.8 Å². The van der Waals surface area contributed by atoms with Crippen molar-refractivity contribution in [3.8, 4) is 11.5 Å². The molecule has 0 unspecified atom stereocenters. The summed E-state index contributed by atoms with van der Waals surface area (Å²) in [6.07, 6.45) is -6.15. The van der Waals surface area contributed by atoms with E-state index in [0.29, 0.717) is 5.75 Å². The van der Waals surface area contributed by atoms with Crippen molar-refractivity contribution in [1.82, 2.24) is 0 Å². The van der Waals surface area contributed by atoms with Gasteiger partial charge in [0.1, 0.15) is 17.9 Å². The lowest BCUT2D eigenvalue weighted by atomic mass is 10.3. The number of benzene rings is 1. The Kier molecular flexibility index (Phi) is 3.76. The number of ether oxygens (including phenoxy) is 2. The van der Waals surface area contributed by atoms with Crippen molar-refractivity contribution in [2.75, 3.05) is 7.11 Å². The van der Waals surface area contributed by atoms with E-state index < -0.39 is 18.6 Å². The number of hydrogen-bond acceptors (Lipinski definition) is 3. The molecule has 88 valence electrons. The summed E-state index contributed by atoms with van der Waals surface area (Å²) in [5.41, 5.74) is 0. The highest BCUT2D eigenvalue weighted by molar-refractivity contribution is 5.73. The predicted molar refractivity (Wildman–Crippen MR) is 49.3 cm³/mol. The molecule has 0 amide bonds. The number of esters is 1. The molecular weight excluding hydrogens is 225 g/mol. The van der Waals surface area contributed by atoms with Gasteiger partial charge >= 0.3 is 12.1 Å². The lowest BCUT2D eigenvalue weighted by Crippen LogP contribution is -2.19. The molecule has 0 aliphatic heterocycles. The van der Waals surface area contributed by atoms with E-state index in [-0.39, 0.29) is 5.75 Å². The van der Waals surface area contributed by atoms with Crippen LogP contribution in [-0.2, 0) is 4.79 Å². The summed E-state index contributed by atoms with van der Waals surface area (Å²) >= 11 is 0. The van der Waals surface area contributed by atoms with Crippen LogP contribution in [0.3, 0.4) is 0 Å². The minimum absolute atomic E-state index is 0.0510. The zero-order valence-corrected chi connectivity index (χ0v) is 8.38. The largest absolute Gasteiger partial charge is 0.497 e. The van der Waals surface area contributed by atoms with Crippen molar-refractivity contribution < 1.29 is 27.4 Å². The fourth-order valence-corrected chi connectivity index (χ4v) is 0.975. The number of alkyl halides is 3. The fraction of sp³-hybridized carbons (Fsp3) is 0.300. The lowest BCUT2D eigenvalue weighted by molar-refractivity contribution is -0.163. The molecule has 0 heterocycles. The normalized spacial score (nSPS) is 11.0. The van der Waals surface area contributed by atoms with Gasteiger partial charge in [-0.05, 0) is 24.3 Å². The topological polar surface area (TPSA) is 35.5 Å². The van der Waals surface area contributed by atoms with E-state index in [0.717, 1.165) is 0 Å². The van der Waals surface area contributed by atoms with Gasteiger partial charge in [0.25, 0.3) is 0 Å². The van der Waals surface area contributed by atoms with Crippen LogP contribution in [0, 0.1) is 0 Å².